The minimum absolute atomic E-state index is 0.147. The molecule has 0 bridgehead atoms. The van der Waals surface area contributed by atoms with Crippen molar-refractivity contribution in [3.8, 4) is 16.3 Å². The summed E-state index contributed by atoms with van der Waals surface area (Å²) in [4.78, 5) is 14.1. The van der Waals surface area contributed by atoms with E-state index >= 15 is 0 Å². The van der Waals surface area contributed by atoms with Gasteiger partial charge >= 0.3 is 0 Å². The number of nitrogens with zero attached hydrogens (tertiary/aromatic N) is 2. The number of halogens is 2. The molecule has 0 aliphatic carbocycles. The molecule has 1 unspecified atom stereocenters. The Bertz CT molecular complexity index is 1140. The van der Waals surface area contributed by atoms with Gasteiger partial charge in [0.15, 0.2) is 0 Å². The van der Waals surface area contributed by atoms with E-state index in [4.69, 9.17) is 23.2 Å². The number of thiophene rings is 1. The molecule has 2 aromatic carbocycles. The van der Waals surface area contributed by atoms with E-state index < -0.39 is 0 Å². The molecule has 0 aliphatic heterocycles. The van der Waals surface area contributed by atoms with Crippen LogP contribution in [0.5, 0.6) is 0 Å². The van der Waals surface area contributed by atoms with Crippen molar-refractivity contribution in [3.63, 3.8) is 0 Å². The Morgan fingerprint density at radius 2 is 1.83 bits per heavy atom. The van der Waals surface area contributed by atoms with Crippen molar-refractivity contribution < 1.29 is 4.79 Å². The molecular weight excluding hydrogens is 425 g/mol. The Hall–Kier alpha value is -2.60. The van der Waals surface area contributed by atoms with Crippen LogP contribution in [0.3, 0.4) is 0 Å². The van der Waals surface area contributed by atoms with Gasteiger partial charge in [-0.2, -0.15) is 5.10 Å². The van der Waals surface area contributed by atoms with Crippen molar-refractivity contribution in [1.82, 2.24) is 15.1 Å². The molecule has 1 N–H and O–H groups in total. The quantitative estimate of drug-likeness (QED) is 0.389. The second-order valence-electron chi connectivity index (χ2n) is 6.51. The molecule has 146 valence electrons. The van der Waals surface area contributed by atoms with E-state index in [1.165, 1.54) is 0 Å². The molecule has 0 fully saturated rings. The molecule has 2 aromatic heterocycles. The first-order valence-electron chi connectivity index (χ1n) is 8.98. The summed E-state index contributed by atoms with van der Waals surface area (Å²) in [5.41, 5.74) is 2.85. The summed E-state index contributed by atoms with van der Waals surface area (Å²) in [5.74, 6) is -0.220. The highest BCUT2D eigenvalue weighted by molar-refractivity contribution is 7.13. The summed E-state index contributed by atoms with van der Waals surface area (Å²) in [5, 5.41) is 10.5. The standard InChI is InChI=1S/C22H17Cl2N3OS/c1-14(15-6-3-2-4-7-15)25-22(28)20-13-19(21-8-5-11-29-21)26-27(20)16-9-10-17(23)18(24)12-16/h2-14H,1H3,(H,25,28). The maximum absolute atomic E-state index is 13.1. The molecule has 4 rings (SSSR count). The Balaban J connectivity index is 1.72. The van der Waals surface area contributed by atoms with E-state index in [0.717, 1.165) is 16.1 Å². The van der Waals surface area contributed by atoms with Crippen molar-refractivity contribution >= 4 is 40.4 Å². The fraction of sp³-hybridized carbons (Fsp3) is 0.0909. The molecule has 7 heteroatoms. The Morgan fingerprint density at radius 1 is 1.03 bits per heavy atom. The lowest BCUT2D eigenvalue weighted by Gasteiger charge is -2.15. The lowest BCUT2D eigenvalue weighted by molar-refractivity contribution is 0.0932. The Labute approximate surface area is 182 Å². The molecule has 2 heterocycles. The third-order valence-corrected chi connectivity index (χ3v) is 6.14. The third-order valence-electron chi connectivity index (χ3n) is 4.51. The number of carbonyl (C=O) groups excluding carboxylic acids is 1. The zero-order chi connectivity index (χ0) is 20.4. The molecule has 0 aliphatic rings. The average molecular weight is 442 g/mol. The van der Waals surface area contributed by atoms with Crippen LogP contribution >= 0.6 is 34.5 Å². The predicted octanol–water partition coefficient (Wildman–Crippen LogP) is 6.40. The van der Waals surface area contributed by atoms with Gasteiger partial charge in [0.25, 0.3) is 5.91 Å². The molecule has 29 heavy (non-hydrogen) atoms. The van der Waals surface area contributed by atoms with Gasteiger partial charge < -0.3 is 5.32 Å². The zero-order valence-electron chi connectivity index (χ0n) is 15.5. The Morgan fingerprint density at radius 3 is 2.52 bits per heavy atom. The number of hydrogen-bond acceptors (Lipinski definition) is 3. The number of rotatable bonds is 5. The summed E-state index contributed by atoms with van der Waals surface area (Å²) in [6, 6.07) is 20.6. The van der Waals surface area contributed by atoms with E-state index in [1.807, 2.05) is 54.8 Å². The molecule has 0 radical (unpaired) electrons. The number of hydrogen-bond donors (Lipinski definition) is 1. The van der Waals surface area contributed by atoms with Gasteiger partial charge in [-0.05, 0) is 48.2 Å². The maximum atomic E-state index is 13.1. The topological polar surface area (TPSA) is 46.9 Å². The fourth-order valence-corrected chi connectivity index (χ4v) is 3.97. The number of amides is 1. The first-order valence-corrected chi connectivity index (χ1v) is 10.6. The predicted molar refractivity (Wildman–Crippen MR) is 119 cm³/mol. The van der Waals surface area contributed by atoms with Crippen molar-refractivity contribution in [2.24, 2.45) is 0 Å². The molecule has 0 saturated carbocycles. The van der Waals surface area contributed by atoms with Gasteiger partial charge in [-0.3, -0.25) is 4.79 Å². The SMILES string of the molecule is CC(NC(=O)c1cc(-c2cccs2)nn1-c1ccc(Cl)c(Cl)c1)c1ccccc1. The van der Waals surface area contributed by atoms with E-state index in [-0.39, 0.29) is 11.9 Å². The zero-order valence-corrected chi connectivity index (χ0v) is 17.8. The molecule has 1 amide bonds. The average Bonchev–Trinajstić information content (AvgIpc) is 3.40. The highest BCUT2D eigenvalue weighted by Crippen LogP contribution is 2.29. The monoisotopic (exact) mass is 441 g/mol. The first kappa shape index (κ1) is 19.7. The van der Waals surface area contributed by atoms with Gasteiger partial charge in [0, 0.05) is 0 Å². The van der Waals surface area contributed by atoms with Gasteiger partial charge in [0.2, 0.25) is 0 Å². The van der Waals surface area contributed by atoms with Gasteiger partial charge in [-0.25, -0.2) is 4.68 Å². The number of aromatic nitrogens is 2. The normalized spacial score (nSPS) is 12.0. The molecule has 1 atom stereocenters. The lowest BCUT2D eigenvalue weighted by atomic mass is 10.1. The largest absolute Gasteiger partial charge is 0.344 e. The van der Waals surface area contributed by atoms with E-state index in [9.17, 15) is 4.79 Å². The van der Waals surface area contributed by atoms with Crippen LogP contribution in [0.15, 0.2) is 72.1 Å². The highest BCUT2D eigenvalue weighted by Gasteiger charge is 2.20. The van der Waals surface area contributed by atoms with Crippen LogP contribution < -0.4 is 5.32 Å². The summed E-state index contributed by atoms with van der Waals surface area (Å²) in [7, 11) is 0. The van der Waals surface area contributed by atoms with Gasteiger partial charge in [0.05, 0.1) is 26.7 Å². The second-order valence-corrected chi connectivity index (χ2v) is 8.27. The number of nitrogens with one attached hydrogen (secondary N) is 1. The lowest BCUT2D eigenvalue weighted by Crippen LogP contribution is -2.28. The van der Waals surface area contributed by atoms with Crippen LogP contribution in [0.4, 0.5) is 0 Å². The van der Waals surface area contributed by atoms with Crippen LogP contribution in [0.2, 0.25) is 10.0 Å². The molecule has 4 nitrogen and oxygen atoms in total. The van der Waals surface area contributed by atoms with Crippen LogP contribution in [-0.4, -0.2) is 15.7 Å². The molecule has 4 aromatic rings. The maximum Gasteiger partial charge on any atom is 0.270 e. The fourth-order valence-electron chi connectivity index (χ4n) is 3.00. The first-order chi connectivity index (χ1) is 14.0. The molecule has 0 spiro atoms. The van der Waals surface area contributed by atoms with Crippen molar-refractivity contribution in [2.75, 3.05) is 0 Å². The summed E-state index contributed by atoms with van der Waals surface area (Å²) in [6.07, 6.45) is 0. The van der Waals surface area contributed by atoms with Crippen LogP contribution in [0.1, 0.15) is 29.0 Å². The van der Waals surface area contributed by atoms with E-state index in [1.54, 1.807) is 40.3 Å². The Kier molecular flexibility index (Phi) is 5.72. The van der Waals surface area contributed by atoms with Gasteiger partial charge in [-0.1, -0.05) is 59.6 Å². The summed E-state index contributed by atoms with van der Waals surface area (Å²) >= 11 is 13.8. The highest BCUT2D eigenvalue weighted by atomic mass is 35.5. The van der Waals surface area contributed by atoms with Crippen molar-refractivity contribution in [2.45, 2.75) is 13.0 Å². The van der Waals surface area contributed by atoms with Crippen LogP contribution in [0.25, 0.3) is 16.3 Å². The molecule has 0 saturated heterocycles. The second kappa shape index (κ2) is 8.41. The van der Waals surface area contributed by atoms with E-state index in [2.05, 4.69) is 10.4 Å². The summed E-state index contributed by atoms with van der Waals surface area (Å²) < 4.78 is 1.60. The minimum atomic E-state index is -0.220. The van der Waals surface area contributed by atoms with Crippen LogP contribution in [0, 0.1) is 0 Å². The van der Waals surface area contributed by atoms with Crippen molar-refractivity contribution in [3.05, 3.63) is 93.4 Å². The number of benzene rings is 2. The minimum Gasteiger partial charge on any atom is -0.344 e. The van der Waals surface area contributed by atoms with Crippen molar-refractivity contribution in [1.29, 1.82) is 0 Å². The number of carbonyl (C=O) groups is 1. The van der Waals surface area contributed by atoms with Gasteiger partial charge in [0.1, 0.15) is 11.4 Å². The van der Waals surface area contributed by atoms with E-state index in [0.29, 0.717) is 21.4 Å². The smallest absolute Gasteiger partial charge is 0.270 e. The van der Waals surface area contributed by atoms with Gasteiger partial charge in [-0.15, -0.1) is 11.3 Å². The van der Waals surface area contributed by atoms with Crippen LogP contribution in [-0.2, 0) is 0 Å². The summed E-state index contributed by atoms with van der Waals surface area (Å²) in [6.45, 7) is 1.95. The molecular formula is C22H17Cl2N3OS. The third kappa shape index (κ3) is 4.22.